The lowest BCUT2D eigenvalue weighted by Crippen LogP contribution is -2.20. The average Bonchev–Trinajstić information content (AvgIpc) is 3.14. The van der Waals surface area contributed by atoms with Crippen LogP contribution in [0.1, 0.15) is 33.3 Å². The molecule has 4 rings (SSSR count). The first kappa shape index (κ1) is 22.8. The predicted molar refractivity (Wildman–Crippen MR) is 115 cm³/mol. The van der Waals surface area contributed by atoms with Crippen molar-refractivity contribution in [3.63, 3.8) is 0 Å². The van der Waals surface area contributed by atoms with Crippen LogP contribution in [0.25, 0.3) is 11.3 Å². The summed E-state index contributed by atoms with van der Waals surface area (Å²) in [7, 11) is 0. The summed E-state index contributed by atoms with van der Waals surface area (Å²) in [6.07, 6.45) is -7.12. The molecule has 0 bridgehead atoms. The van der Waals surface area contributed by atoms with Crippen LogP contribution in [0.3, 0.4) is 0 Å². The van der Waals surface area contributed by atoms with Crippen LogP contribution in [-0.2, 0) is 6.42 Å². The first-order chi connectivity index (χ1) is 15.5. The molecule has 1 aromatic heterocycles. The van der Waals surface area contributed by atoms with Gasteiger partial charge < -0.3 is 14.9 Å². The smallest absolute Gasteiger partial charge is 0.418 e. The molecule has 10 heteroatoms. The third-order valence-electron chi connectivity index (χ3n) is 5.08. The Morgan fingerprint density at radius 1 is 1.15 bits per heavy atom. The number of ether oxygens (including phenoxy) is 1. The zero-order valence-corrected chi connectivity index (χ0v) is 17.8. The fraction of sp³-hybridized carbons (Fsp3) is 0.174. The van der Waals surface area contributed by atoms with Crippen LogP contribution in [0.5, 0.6) is 5.75 Å². The maximum atomic E-state index is 12.7. The molecule has 2 aromatic carbocycles. The zero-order chi connectivity index (χ0) is 23.9. The van der Waals surface area contributed by atoms with Crippen molar-refractivity contribution < 1.29 is 32.9 Å². The second kappa shape index (κ2) is 8.49. The van der Waals surface area contributed by atoms with Crippen molar-refractivity contribution >= 4 is 29.2 Å². The maximum absolute atomic E-state index is 12.7. The van der Waals surface area contributed by atoms with Gasteiger partial charge in [0.1, 0.15) is 5.75 Å². The minimum atomic E-state index is -4.76. The highest BCUT2D eigenvalue weighted by atomic mass is 35.5. The summed E-state index contributed by atoms with van der Waals surface area (Å²) in [5.41, 5.74) is 2.28. The van der Waals surface area contributed by atoms with Gasteiger partial charge in [-0.05, 0) is 36.2 Å². The summed E-state index contributed by atoms with van der Waals surface area (Å²) in [5, 5.41) is 18.9. The minimum absolute atomic E-state index is 0.117. The molecular weight excluding hydrogens is 461 g/mol. The fourth-order valence-corrected chi connectivity index (χ4v) is 3.62. The van der Waals surface area contributed by atoms with E-state index in [0.717, 1.165) is 0 Å². The number of aromatic nitrogens is 1. The van der Waals surface area contributed by atoms with Gasteiger partial charge in [-0.2, -0.15) is 13.2 Å². The highest BCUT2D eigenvalue weighted by molar-refractivity contribution is 6.33. The molecule has 2 N–H and O–H groups in total. The number of rotatable bonds is 4. The predicted octanol–water partition coefficient (Wildman–Crippen LogP) is 5.67. The summed E-state index contributed by atoms with van der Waals surface area (Å²) < 4.78 is 43.9. The number of carboxylic acid groups (broad SMARTS) is 1. The fourth-order valence-electron chi connectivity index (χ4n) is 3.37. The number of alkyl halides is 3. The molecule has 0 fully saturated rings. The number of fused-ring (bicyclic) bond motifs is 1. The summed E-state index contributed by atoms with van der Waals surface area (Å²) in [6.45, 7) is 1.68. The molecule has 2 heterocycles. The molecule has 170 valence electrons. The average molecular weight is 477 g/mol. The Bertz CT molecular complexity index is 1270. The Morgan fingerprint density at radius 2 is 1.85 bits per heavy atom. The van der Waals surface area contributed by atoms with E-state index in [1.54, 1.807) is 25.1 Å². The zero-order valence-electron chi connectivity index (χ0n) is 17.0. The lowest BCUT2D eigenvalue weighted by Gasteiger charge is -2.15. The number of aliphatic hydroxyl groups is 1. The van der Waals surface area contributed by atoms with Gasteiger partial charge in [0.15, 0.2) is 6.10 Å². The van der Waals surface area contributed by atoms with Gasteiger partial charge in [-0.3, -0.25) is 0 Å². The van der Waals surface area contributed by atoms with Gasteiger partial charge in [0.2, 0.25) is 5.90 Å². The SMILES string of the molecule is Cc1ccc(OC2=Nc3cc(Cl)c(-c4ccc(C(O)C(F)(F)F)cc4)nc3C2)cc1C(=O)O. The molecule has 6 nitrogen and oxygen atoms in total. The summed E-state index contributed by atoms with van der Waals surface area (Å²) in [6, 6.07) is 11.4. The molecule has 0 radical (unpaired) electrons. The Morgan fingerprint density at radius 3 is 2.48 bits per heavy atom. The lowest BCUT2D eigenvalue weighted by atomic mass is 10.0. The summed E-state index contributed by atoms with van der Waals surface area (Å²) in [4.78, 5) is 20.2. The van der Waals surface area contributed by atoms with Crippen molar-refractivity contribution in [2.24, 2.45) is 4.99 Å². The Labute approximate surface area is 191 Å². The number of nitrogens with zero attached hydrogens (tertiary/aromatic N) is 2. The van der Waals surface area contributed by atoms with E-state index in [-0.39, 0.29) is 22.6 Å². The van der Waals surface area contributed by atoms with Crippen molar-refractivity contribution in [2.75, 3.05) is 0 Å². The Hall–Kier alpha value is -3.43. The van der Waals surface area contributed by atoms with Crippen LogP contribution in [0.15, 0.2) is 53.5 Å². The van der Waals surface area contributed by atoms with E-state index < -0.39 is 18.2 Å². The minimum Gasteiger partial charge on any atom is -0.478 e. The number of carboxylic acids is 1. The molecule has 1 unspecified atom stereocenters. The molecule has 0 saturated heterocycles. The highest BCUT2D eigenvalue weighted by Crippen LogP contribution is 2.37. The van der Waals surface area contributed by atoms with Crippen LogP contribution in [0, 0.1) is 6.92 Å². The maximum Gasteiger partial charge on any atom is 0.418 e. The second-order valence-electron chi connectivity index (χ2n) is 7.42. The molecule has 0 aliphatic carbocycles. The number of aryl methyl sites for hydroxylation is 1. The van der Waals surface area contributed by atoms with E-state index in [1.807, 2.05) is 0 Å². The van der Waals surface area contributed by atoms with Crippen LogP contribution in [0.4, 0.5) is 18.9 Å². The Kier molecular flexibility index (Phi) is 5.85. The number of hydrogen-bond acceptors (Lipinski definition) is 5. The number of carbonyl (C=O) groups is 1. The topological polar surface area (TPSA) is 92.0 Å². The van der Waals surface area contributed by atoms with Gasteiger partial charge >= 0.3 is 12.1 Å². The van der Waals surface area contributed by atoms with Crippen molar-refractivity contribution in [1.29, 1.82) is 0 Å². The number of halogens is 4. The van der Waals surface area contributed by atoms with Crippen molar-refractivity contribution in [2.45, 2.75) is 25.6 Å². The van der Waals surface area contributed by atoms with E-state index in [0.29, 0.717) is 39.8 Å². The van der Waals surface area contributed by atoms with Gasteiger partial charge in [-0.25, -0.2) is 14.8 Å². The molecule has 33 heavy (non-hydrogen) atoms. The quantitative estimate of drug-likeness (QED) is 0.506. The first-order valence-corrected chi connectivity index (χ1v) is 10.0. The largest absolute Gasteiger partial charge is 0.478 e. The lowest BCUT2D eigenvalue weighted by molar-refractivity contribution is -0.206. The molecule has 1 aliphatic heterocycles. The number of hydrogen-bond donors (Lipinski definition) is 2. The third kappa shape index (κ3) is 4.69. The molecule has 0 spiro atoms. The second-order valence-corrected chi connectivity index (χ2v) is 7.82. The van der Waals surface area contributed by atoms with E-state index in [2.05, 4.69) is 9.98 Å². The van der Waals surface area contributed by atoms with Crippen LogP contribution in [-0.4, -0.2) is 33.2 Å². The van der Waals surface area contributed by atoms with Gasteiger partial charge in [-0.15, -0.1) is 0 Å². The first-order valence-electron chi connectivity index (χ1n) is 9.67. The molecule has 1 aliphatic rings. The molecule has 3 aromatic rings. The number of aliphatic hydroxyl groups excluding tert-OH is 1. The van der Waals surface area contributed by atoms with Crippen molar-refractivity contribution in [3.8, 4) is 17.0 Å². The third-order valence-corrected chi connectivity index (χ3v) is 5.37. The van der Waals surface area contributed by atoms with E-state index in [9.17, 15) is 28.2 Å². The van der Waals surface area contributed by atoms with E-state index in [1.165, 1.54) is 30.3 Å². The standard InChI is InChI=1S/C23H16ClF3N2O4/c1-11-2-7-14(8-15(11)22(31)32)33-19-10-18-17(28-19)9-16(24)20(29-18)12-3-5-13(6-4-12)21(30)23(25,26)27/h2-9,21,30H,10H2,1H3,(H,31,32). The van der Waals surface area contributed by atoms with Crippen molar-refractivity contribution in [1.82, 2.24) is 4.98 Å². The Balaban J connectivity index is 1.55. The van der Waals surface area contributed by atoms with Gasteiger partial charge in [0.25, 0.3) is 0 Å². The molecule has 0 amide bonds. The van der Waals surface area contributed by atoms with Gasteiger partial charge in [0.05, 0.1) is 34.1 Å². The molecular formula is C23H16ClF3N2O4. The van der Waals surface area contributed by atoms with E-state index in [4.69, 9.17) is 16.3 Å². The van der Waals surface area contributed by atoms with Gasteiger partial charge in [0, 0.05) is 5.56 Å². The highest BCUT2D eigenvalue weighted by Gasteiger charge is 2.39. The number of pyridine rings is 1. The molecule has 1 atom stereocenters. The summed E-state index contributed by atoms with van der Waals surface area (Å²) in [5.74, 6) is -0.453. The summed E-state index contributed by atoms with van der Waals surface area (Å²) >= 11 is 6.33. The van der Waals surface area contributed by atoms with Crippen molar-refractivity contribution in [3.05, 3.63) is 75.9 Å². The number of aromatic carboxylic acids is 1. The van der Waals surface area contributed by atoms with Gasteiger partial charge in [-0.1, -0.05) is 41.9 Å². The number of benzene rings is 2. The van der Waals surface area contributed by atoms with E-state index >= 15 is 0 Å². The normalized spacial score (nSPS) is 13.9. The van der Waals surface area contributed by atoms with Crippen LogP contribution in [0.2, 0.25) is 5.02 Å². The van der Waals surface area contributed by atoms with Crippen LogP contribution >= 0.6 is 11.6 Å². The number of aliphatic imine (C=N–C) groups is 1. The van der Waals surface area contributed by atoms with Crippen LogP contribution < -0.4 is 4.74 Å². The molecule has 0 saturated carbocycles. The monoisotopic (exact) mass is 476 g/mol.